The number of aliphatic imine (C=N–C) groups is 1. The summed E-state index contributed by atoms with van der Waals surface area (Å²) in [5.74, 6) is 3.44. The van der Waals surface area contributed by atoms with Gasteiger partial charge in [-0.3, -0.25) is 4.99 Å². The highest BCUT2D eigenvalue weighted by atomic mass is 16.5. The van der Waals surface area contributed by atoms with E-state index in [1.54, 1.807) is 11.1 Å². The Balaban J connectivity index is 1.33. The van der Waals surface area contributed by atoms with E-state index in [9.17, 15) is 0 Å². The molecule has 1 heterocycles. The van der Waals surface area contributed by atoms with Crippen LogP contribution in [-0.2, 0) is 11.2 Å². The number of ether oxygens (including phenoxy) is 1. The first-order valence-electron chi connectivity index (χ1n) is 10.7. The predicted octanol–water partition coefficient (Wildman–Crippen LogP) is 3.82. The highest BCUT2D eigenvalue weighted by Crippen LogP contribution is 2.61. The fourth-order valence-electron chi connectivity index (χ4n) is 5.04. The number of nitrogens with one attached hydrogen (secondary N) is 1. The molecule has 1 aromatic carbocycles. The maximum absolute atomic E-state index is 6.17. The number of likely N-dealkylation sites (tertiary alicyclic amines) is 1. The summed E-state index contributed by atoms with van der Waals surface area (Å²) in [7, 11) is 0. The molecule has 3 unspecified atom stereocenters. The smallest absolute Gasteiger partial charge is 0.193 e. The van der Waals surface area contributed by atoms with E-state index in [-0.39, 0.29) is 5.60 Å². The molecule has 1 saturated heterocycles. The number of fused-ring (bicyclic) bond motifs is 3. The quantitative estimate of drug-likeness (QED) is 0.648. The van der Waals surface area contributed by atoms with E-state index in [1.165, 1.54) is 6.42 Å². The van der Waals surface area contributed by atoms with Crippen molar-refractivity contribution in [2.45, 2.75) is 64.6 Å². The van der Waals surface area contributed by atoms with Crippen molar-refractivity contribution in [2.75, 3.05) is 26.2 Å². The van der Waals surface area contributed by atoms with E-state index in [1.807, 2.05) is 0 Å². The summed E-state index contributed by atoms with van der Waals surface area (Å²) in [6.07, 6.45) is 3.81. The average Bonchev–Trinajstić information content (AvgIpc) is 3.16. The van der Waals surface area contributed by atoms with Gasteiger partial charge in [0.25, 0.3) is 0 Å². The zero-order valence-electron chi connectivity index (χ0n) is 17.4. The number of guanidine groups is 1. The molecule has 0 radical (unpaired) electrons. The van der Waals surface area contributed by atoms with Crippen molar-refractivity contribution < 1.29 is 4.74 Å². The molecule has 2 fully saturated rings. The minimum absolute atomic E-state index is 0.0501. The van der Waals surface area contributed by atoms with Crippen LogP contribution in [0.15, 0.2) is 29.3 Å². The fraction of sp³-hybridized carbons (Fsp3) is 0.696. The third kappa shape index (κ3) is 4.16. The first-order chi connectivity index (χ1) is 13.0. The highest BCUT2D eigenvalue weighted by Gasteiger charge is 2.55. The maximum atomic E-state index is 6.17. The van der Waals surface area contributed by atoms with Crippen LogP contribution < -0.4 is 5.32 Å². The van der Waals surface area contributed by atoms with Crippen LogP contribution in [0.5, 0.6) is 0 Å². The van der Waals surface area contributed by atoms with E-state index in [0.717, 1.165) is 62.7 Å². The van der Waals surface area contributed by atoms with Crippen molar-refractivity contribution in [1.82, 2.24) is 10.2 Å². The minimum Gasteiger partial charge on any atom is -0.372 e. The van der Waals surface area contributed by atoms with Crippen molar-refractivity contribution >= 4 is 5.96 Å². The summed E-state index contributed by atoms with van der Waals surface area (Å²) < 4.78 is 6.17. The molecule has 1 saturated carbocycles. The summed E-state index contributed by atoms with van der Waals surface area (Å²) in [5.41, 5.74) is 3.11. The Morgan fingerprint density at radius 1 is 1.22 bits per heavy atom. The molecule has 0 bridgehead atoms. The van der Waals surface area contributed by atoms with Gasteiger partial charge in [-0.15, -0.1) is 0 Å². The van der Waals surface area contributed by atoms with E-state index < -0.39 is 0 Å². The second-order valence-corrected chi connectivity index (χ2v) is 9.37. The van der Waals surface area contributed by atoms with Crippen LogP contribution in [-0.4, -0.2) is 48.7 Å². The Hall–Kier alpha value is -1.55. The molecule has 4 heteroatoms. The van der Waals surface area contributed by atoms with Gasteiger partial charge in [0, 0.05) is 26.2 Å². The van der Waals surface area contributed by atoms with Crippen molar-refractivity contribution in [3.63, 3.8) is 0 Å². The summed E-state index contributed by atoms with van der Waals surface area (Å²) in [6.45, 7) is 12.6. The molecule has 1 aliphatic heterocycles. The molecule has 0 amide bonds. The molecule has 4 nitrogen and oxygen atoms in total. The fourth-order valence-corrected chi connectivity index (χ4v) is 5.04. The van der Waals surface area contributed by atoms with E-state index in [2.05, 4.69) is 62.2 Å². The zero-order valence-corrected chi connectivity index (χ0v) is 17.4. The predicted molar refractivity (Wildman–Crippen MR) is 111 cm³/mol. The number of rotatable bonds is 4. The van der Waals surface area contributed by atoms with Gasteiger partial charge in [-0.25, -0.2) is 0 Å². The molecule has 3 atom stereocenters. The van der Waals surface area contributed by atoms with Gasteiger partial charge < -0.3 is 15.0 Å². The Labute approximate surface area is 164 Å². The molecule has 27 heavy (non-hydrogen) atoms. The lowest BCUT2D eigenvalue weighted by atomic mass is 10.0. The van der Waals surface area contributed by atoms with Crippen LogP contribution in [0, 0.1) is 11.8 Å². The van der Waals surface area contributed by atoms with E-state index in [0.29, 0.717) is 6.10 Å². The lowest BCUT2D eigenvalue weighted by molar-refractivity contribution is -0.0772. The molecule has 4 rings (SSSR count). The average molecular weight is 370 g/mol. The lowest BCUT2D eigenvalue weighted by Crippen LogP contribution is -2.48. The standard InChI is InChI=1S/C23H35N3O/c1-5-24-22(26-12-10-17(11-13-26)27-23(2,3)4)25-15-20-19-14-16-8-6-7-9-18(16)21(19)20/h6-9,17,19-21H,5,10-15H2,1-4H3,(H,24,25). The van der Waals surface area contributed by atoms with Crippen molar-refractivity contribution in [1.29, 1.82) is 0 Å². The summed E-state index contributed by atoms with van der Waals surface area (Å²) in [4.78, 5) is 7.47. The van der Waals surface area contributed by atoms with Crippen LogP contribution in [0.1, 0.15) is 57.6 Å². The van der Waals surface area contributed by atoms with Gasteiger partial charge in [-0.1, -0.05) is 24.3 Å². The number of piperidine rings is 1. The Kier molecular flexibility index (Phi) is 5.19. The molecule has 2 aliphatic carbocycles. The molecule has 148 valence electrons. The summed E-state index contributed by atoms with van der Waals surface area (Å²) >= 11 is 0. The van der Waals surface area contributed by atoms with Gasteiger partial charge >= 0.3 is 0 Å². The second-order valence-electron chi connectivity index (χ2n) is 9.37. The first kappa shape index (κ1) is 18.8. The van der Waals surface area contributed by atoms with Crippen molar-refractivity contribution in [3.8, 4) is 0 Å². The summed E-state index contributed by atoms with van der Waals surface area (Å²) in [5, 5.41) is 3.52. The number of hydrogen-bond donors (Lipinski definition) is 1. The third-order valence-corrected chi connectivity index (χ3v) is 6.25. The Morgan fingerprint density at radius 3 is 2.67 bits per heavy atom. The van der Waals surface area contributed by atoms with Crippen LogP contribution in [0.3, 0.4) is 0 Å². The van der Waals surface area contributed by atoms with Gasteiger partial charge in [-0.2, -0.15) is 0 Å². The van der Waals surface area contributed by atoms with Gasteiger partial charge in [-0.05, 0) is 75.8 Å². The molecular formula is C23H35N3O. The minimum atomic E-state index is -0.0501. The van der Waals surface area contributed by atoms with Crippen LogP contribution in [0.4, 0.5) is 0 Å². The molecule has 0 aromatic heterocycles. The second kappa shape index (κ2) is 7.46. The highest BCUT2D eigenvalue weighted by molar-refractivity contribution is 5.80. The molecular weight excluding hydrogens is 334 g/mol. The van der Waals surface area contributed by atoms with Gasteiger partial charge in [0.05, 0.1) is 11.7 Å². The topological polar surface area (TPSA) is 36.9 Å². The van der Waals surface area contributed by atoms with Gasteiger partial charge in [0.15, 0.2) is 5.96 Å². The summed E-state index contributed by atoms with van der Waals surface area (Å²) in [6, 6.07) is 8.99. The van der Waals surface area contributed by atoms with Crippen molar-refractivity contribution in [2.24, 2.45) is 16.8 Å². The van der Waals surface area contributed by atoms with E-state index >= 15 is 0 Å². The molecule has 3 aliphatic rings. The van der Waals surface area contributed by atoms with Gasteiger partial charge in [0.1, 0.15) is 0 Å². The van der Waals surface area contributed by atoms with Crippen LogP contribution in [0.25, 0.3) is 0 Å². The number of benzene rings is 1. The lowest BCUT2D eigenvalue weighted by Gasteiger charge is -2.37. The maximum Gasteiger partial charge on any atom is 0.193 e. The molecule has 1 aromatic rings. The van der Waals surface area contributed by atoms with Crippen molar-refractivity contribution in [3.05, 3.63) is 35.4 Å². The monoisotopic (exact) mass is 369 g/mol. The normalized spacial score (nSPS) is 28.1. The number of hydrogen-bond acceptors (Lipinski definition) is 2. The largest absolute Gasteiger partial charge is 0.372 e. The van der Waals surface area contributed by atoms with Gasteiger partial charge in [0.2, 0.25) is 0 Å². The first-order valence-corrected chi connectivity index (χ1v) is 10.7. The molecule has 1 N–H and O–H groups in total. The number of nitrogens with zero attached hydrogens (tertiary/aromatic N) is 2. The SMILES string of the molecule is CCNC(=NCC1C2Cc3ccccc3C12)N1CCC(OC(C)(C)C)CC1. The Morgan fingerprint density at radius 2 is 1.96 bits per heavy atom. The zero-order chi connectivity index (χ0) is 19.0. The van der Waals surface area contributed by atoms with E-state index in [4.69, 9.17) is 9.73 Å². The van der Waals surface area contributed by atoms with Crippen LogP contribution >= 0.6 is 0 Å². The third-order valence-electron chi connectivity index (χ3n) is 6.25. The Bertz CT molecular complexity index is 685. The molecule has 0 spiro atoms. The van der Waals surface area contributed by atoms with Crippen LogP contribution in [0.2, 0.25) is 0 Å².